The molecule has 0 aromatic heterocycles. The molecular formula is C34H50O4. The van der Waals surface area contributed by atoms with Gasteiger partial charge in [0.25, 0.3) is 0 Å². The summed E-state index contributed by atoms with van der Waals surface area (Å²) in [6.45, 7) is 25.3. The summed E-state index contributed by atoms with van der Waals surface area (Å²) >= 11 is 0. The molecule has 4 heteroatoms. The number of ether oxygens (including phenoxy) is 2. The van der Waals surface area contributed by atoms with E-state index in [-0.39, 0.29) is 22.8 Å². The zero-order valence-electron chi connectivity index (χ0n) is 26.0. The van der Waals surface area contributed by atoms with Gasteiger partial charge in [-0.1, -0.05) is 80.4 Å². The van der Waals surface area contributed by atoms with Crippen LogP contribution >= 0.6 is 0 Å². The van der Waals surface area contributed by atoms with Gasteiger partial charge in [-0.3, -0.25) is 9.59 Å². The highest BCUT2D eigenvalue weighted by Gasteiger charge is 2.32. The fraction of sp³-hybridized carbons (Fsp3) is 0.588. The van der Waals surface area contributed by atoms with Crippen LogP contribution in [0.4, 0.5) is 0 Å². The van der Waals surface area contributed by atoms with E-state index in [2.05, 4.69) is 95.2 Å². The van der Waals surface area contributed by atoms with E-state index in [4.69, 9.17) is 9.47 Å². The number of carbonyl (C=O) groups is 2. The van der Waals surface area contributed by atoms with Crippen molar-refractivity contribution in [3.05, 3.63) is 45.5 Å². The second-order valence-electron chi connectivity index (χ2n) is 12.8. The first-order valence-electron chi connectivity index (χ1n) is 14.3. The van der Waals surface area contributed by atoms with E-state index in [1.807, 2.05) is 0 Å². The molecule has 0 heterocycles. The average Bonchev–Trinajstić information content (AvgIpc) is 2.80. The molecule has 0 saturated heterocycles. The maximum atomic E-state index is 13.1. The molecular weight excluding hydrogens is 472 g/mol. The van der Waals surface area contributed by atoms with Gasteiger partial charge >= 0.3 is 11.9 Å². The van der Waals surface area contributed by atoms with Gasteiger partial charge in [-0.05, 0) is 73.6 Å². The van der Waals surface area contributed by atoms with Crippen molar-refractivity contribution in [3.63, 3.8) is 0 Å². The van der Waals surface area contributed by atoms with E-state index in [0.29, 0.717) is 24.3 Å². The van der Waals surface area contributed by atoms with Crippen molar-refractivity contribution >= 4 is 11.9 Å². The van der Waals surface area contributed by atoms with Crippen LogP contribution < -0.4 is 9.47 Å². The van der Waals surface area contributed by atoms with Crippen molar-refractivity contribution in [2.24, 2.45) is 0 Å². The average molecular weight is 523 g/mol. The Kier molecular flexibility index (Phi) is 10.4. The third kappa shape index (κ3) is 7.27. The van der Waals surface area contributed by atoms with Crippen LogP contribution in [-0.4, -0.2) is 11.9 Å². The third-order valence-electron chi connectivity index (χ3n) is 7.36. The van der Waals surface area contributed by atoms with E-state index >= 15 is 0 Å². The second-order valence-corrected chi connectivity index (χ2v) is 12.8. The second kappa shape index (κ2) is 12.5. The lowest BCUT2D eigenvalue weighted by molar-refractivity contribution is -0.135. The molecule has 0 bridgehead atoms. The van der Waals surface area contributed by atoms with Gasteiger partial charge in [-0.25, -0.2) is 0 Å². The first-order valence-corrected chi connectivity index (χ1v) is 14.3. The zero-order chi connectivity index (χ0) is 29.0. The number of esters is 2. The molecule has 0 N–H and O–H groups in total. The van der Waals surface area contributed by atoms with Crippen LogP contribution in [0.5, 0.6) is 11.5 Å². The van der Waals surface area contributed by atoms with Gasteiger partial charge in [0, 0.05) is 35.1 Å². The standard InChI is InChI=1S/C34H50O4/c1-13-15-17-27(35)37-31-25(33(7,8)9)19-21(3)23(5)29(31)30-24(6)22(4)20-26(34(10,11)12)32(30)38-28(36)18-16-14-2/h19-20H,13-18H2,1-12H3. The SMILES string of the molecule is CCCCC(=O)Oc1c(C(C)(C)C)cc(C)c(C)c1-c1c(C)c(C)cc(C(C)(C)C)c1OC(=O)CCCC. The Morgan fingerprint density at radius 1 is 0.632 bits per heavy atom. The Labute approximate surface area is 231 Å². The van der Waals surface area contributed by atoms with Gasteiger partial charge in [0.1, 0.15) is 11.5 Å². The van der Waals surface area contributed by atoms with Crippen molar-refractivity contribution < 1.29 is 19.1 Å². The minimum Gasteiger partial charge on any atom is -0.426 e. The van der Waals surface area contributed by atoms with Gasteiger partial charge in [0.15, 0.2) is 0 Å². The summed E-state index contributed by atoms with van der Waals surface area (Å²) in [5.41, 5.74) is 7.39. The largest absolute Gasteiger partial charge is 0.426 e. The zero-order valence-corrected chi connectivity index (χ0v) is 26.0. The van der Waals surface area contributed by atoms with E-state index < -0.39 is 0 Å². The summed E-state index contributed by atoms with van der Waals surface area (Å²) < 4.78 is 12.5. The van der Waals surface area contributed by atoms with Crippen LogP contribution in [0.25, 0.3) is 11.1 Å². The van der Waals surface area contributed by atoms with Crippen LogP contribution in [0.3, 0.4) is 0 Å². The van der Waals surface area contributed by atoms with Crippen molar-refractivity contribution in [1.82, 2.24) is 0 Å². The fourth-order valence-corrected chi connectivity index (χ4v) is 4.69. The van der Waals surface area contributed by atoms with Crippen molar-refractivity contribution in [2.75, 3.05) is 0 Å². The molecule has 0 aliphatic rings. The first-order chi connectivity index (χ1) is 17.5. The highest BCUT2D eigenvalue weighted by atomic mass is 16.5. The summed E-state index contributed by atoms with van der Waals surface area (Å²) in [4.78, 5) is 26.2. The number of hydrogen-bond donors (Lipinski definition) is 0. The van der Waals surface area contributed by atoms with E-state index in [1.165, 1.54) is 0 Å². The summed E-state index contributed by atoms with van der Waals surface area (Å²) in [5.74, 6) is 0.705. The van der Waals surface area contributed by atoms with Gasteiger partial charge in [-0.2, -0.15) is 0 Å². The van der Waals surface area contributed by atoms with Crippen LogP contribution in [-0.2, 0) is 20.4 Å². The van der Waals surface area contributed by atoms with Crippen molar-refractivity contribution in [3.8, 4) is 22.6 Å². The Balaban J connectivity index is 3.07. The molecule has 0 atom stereocenters. The molecule has 0 radical (unpaired) electrons. The Bertz CT molecular complexity index is 1080. The fourth-order valence-electron chi connectivity index (χ4n) is 4.69. The van der Waals surface area contributed by atoms with Crippen LogP contribution in [0.15, 0.2) is 12.1 Å². The van der Waals surface area contributed by atoms with Crippen LogP contribution in [0.1, 0.15) is 127 Å². The molecule has 2 aromatic carbocycles. The predicted molar refractivity (Wildman–Crippen MR) is 159 cm³/mol. The smallest absolute Gasteiger partial charge is 0.311 e. The maximum Gasteiger partial charge on any atom is 0.311 e. The maximum absolute atomic E-state index is 13.1. The lowest BCUT2D eigenvalue weighted by atomic mass is 9.77. The summed E-state index contributed by atoms with van der Waals surface area (Å²) in [7, 11) is 0. The van der Waals surface area contributed by atoms with Crippen molar-refractivity contribution in [2.45, 2.75) is 132 Å². The van der Waals surface area contributed by atoms with Crippen LogP contribution in [0, 0.1) is 27.7 Å². The molecule has 0 amide bonds. The lowest BCUT2D eigenvalue weighted by Crippen LogP contribution is -2.20. The minimum absolute atomic E-state index is 0.232. The molecule has 0 saturated carbocycles. The van der Waals surface area contributed by atoms with Crippen molar-refractivity contribution in [1.29, 1.82) is 0 Å². The van der Waals surface area contributed by atoms with Crippen LogP contribution in [0.2, 0.25) is 0 Å². The monoisotopic (exact) mass is 522 g/mol. The Morgan fingerprint density at radius 3 is 1.21 bits per heavy atom. The summed E-state index contributed by atoms with van der Waals surface area (Å²) in [5, 5.41) is 0. The number of unbranched alkanes of at least 4 members (excludes halogenated alkanes) is 2. The van der Waals surface area contributed by atoms with Gasteiger partial charge in [-0.15, -0.1) is 0 Å². The molecule has 210 valence electrons. The number of benzene rings is 2. The highest BCUT2D eigenvalue weighted by molar-refractivity contribution is 5.89. The number of aryl methyl sites for hydroxylation is 2. The van der Waals surface area contributed by atoms with E-state index in [1.54, 1.807) is 0 Å². The third-order valence-corrected chi connectivity index (χ3v) is 7.36. The number of hydrogen-bond acceptors (Lipinski definition) is 4. The van der Waals surface area contributed by atoms with E-state index in [9.17, 15) is 9.59 Å². The molecule has 2 rings (SSSR count). The molecule has 4 nitrogen and oxygen atoms in total. The first kappa shape index (κ1) is 31.6. The highest BCUT2D eigenvalue weighted by Crippen LogP contribution is 2.50. The summed E-state index contributed by atoms with van der Waals surface area (Å²) in [6.07, 6.45) is 4.13. The van der Waals surface area contributed by atoms with Gasteiger partial charge in [0.2, 0.25) is 0 Å². The van der Waals surface area contributed by atoms with Gasteiger partial charge < -0.3 is 9.47 Å². The number of carbonyl (C=O) groups excluding carboxylic acids is 2. The topological polar surface area (TPSA) is 52.6 Å². The lowest BCUT2D eigenvalue weighted by Gasteiger charge is -2.31. The number of rotatable bonds is 9. The minimum atomic E-state index is -0.268. The molecule has 2 aromatic rings. The predicted octanol–water partition coefficient (Wildman–Crippen LogP) is 9.37. The normalized spacial score (nSPS) is 12.0. The van der Waals surface area contributed by atoms with Gasteiger partial charge in [0.05, 0.1) is 0 Å². The molecule has 38 heavy (non-hydrogen) atoms. The molecule has 0 unspecified atom stereocenters. The molecule has 0 fully saturated rings. The molecule has 0 spiro atoms. The quantitative estimate of drug-likeness (QED) is 0.243. The summed E-state index contributed by atoms with van der Waals surface area (Å²) in [6, 6.07) is 4.29. The molecule has 0 aliphatic carbocycles. The Hall–Kier alpha value is -2.62. The molecule has 0 aliphatic heterocycles. The Morgan fingerprint density at radius 2 is 0.947 bits per heavy atom. The van der Waals surface area contributed by atoms with E-state index in [0.717, 1.165) is 70.2 Å².